The van der Waals surface area contributed by atoms with E-state index in [0.717, 1.165) is 50.5 Å². The van der Waals surface area contributed by atoms with Gasteiger partial charge in [-0.3, -0.25) is 0 Å². The maximum atomic E-state index is 12.0. The highest BCUT2D eigenvalue weighted by Gasteiger charge is 2.27. The van der Waals surface area contributed by atoms with Crippen molar-refractivity contribution < 1.29 is 28.6 Å². The van der Waals surface area contributed by atoms with Crippen LogP contribution in [0.4, 0.5) is 14.4 Å². The minimum absolute atomic E-state index is 0.00280. The van der Waals surface area contributed by atoms with Crippen molar-refractivity contribution >= 4 is 18.3 Å². The molecule has 0 heterocycles. The van der Waals surface area contributed by atoms with Gasteiger partial charge in [-0.15, -0.1) is 0 Å². The molecule has 40 heavy (non-hydrogen) atoms. The Balaban J connectivity index is 0.000000319. The average Bonchev–Trinajstić information content (AvgIpc) is 2.81. The summed E-state index contributed by atoms with van der Waals surface area (Å²) in [6.07, 6.45) is 6.23. The number of nitrogens with two attached hydrogens (primary N) is 1. The molecule has 0 unspecified atom stereocenters. The van der Waals surface area contributed by atoms with Gasteiger partial charge in [0.1, 0.15) is 17.8 Å². The smallest absolute Gasteiger partial charge is 0.407 e. The lowest BCUT2D eigenvalue weighted by atomic mass is 9.91. The van der Waals surface area contributed by atoms with E-state index in [1.165, 1.54) is 0 Å². The second-order valence-corrected chi connectivity index (χ2v) is 12.7. The Hall–Kier alpha value is -3.01. The van der Waals surface area contributed by atoms with Gasteiger partial charge in [-0.1, -0.05) is 30.3 Å². The van der Waals surface area contributed by atoms with E-state index in [1.54, 1.807) is 0 Å². The summed E-state index contributed by atoms with van der Waals surface area (Å²) < 4.78 is 15.7. The Morgan fingerprint density at radius 1 is 0.725 bits per heavy atom. The molecule has 2 fully saturated rings. The van der Waals surface area contributed by atoms with E-state index in [0.29, 0.717) is 6.42 Å². The van der Waals surface area contributed by atoms with Gasteiger partial charge in [0.25, 0.3) is 0 Å². The summed E-state index contributed by atoms with van der Waals surface area (Å²) in [5, 5.41) is 8.64. The van der Waals surface area contributed by atoms with Crippen molar-refractivity contribution in [3.05, 3.63) is 35.9 Å². The third-order valence-electron chi connectivity index (χ3n) is 6.37. The Morgan fingerprint density at radius 2 is 1.18 bits per heavy atom. The fourth-order valence-corrected chi connectivity index (χ4v) is 4.69. The molecule has 226 valence electrons. The molecule has 3 amide bonds. The molecule has 1 aromatic carbocycles. The molecule has 0 aromatic heterocycles. The molecule has 0 aliphatic heterocycles. The highest BCUT2D eigenvalue weighted by atomic mass is 16.6. The zero-order valence-electron chi connectivity index (χ0n) is 25.1. The normalized spacial score (nSPS) is 23.0. The molecule has 2 aliphatic carbocycles. The maximum Gasteiger partial charge on any atom is 0.407 e. The van der Waals surface area contributed by atoms with Crippen LogP contribution in [0.25, 0.3) is 0 Å². The third kappa shape index (κ3) is 15.0. The lowest BCUT2D eigenvalue weighted by molar-refractivity contribution is 0.0477. The number of hydrogen-bond acceptors (Lipinski definition) is 7. The van der Waals surface area contributed by atoms with Gasteiger partial charge < -0.3 is 35.9 Å². The van der Waals surface area contributed by atoms with Crippen LogP contribution < -0.4 is 21.7 Å². The summed E-state index contributed by atoms with van der Waals surface area (Å²) in [5.41, 5.74) is 5.84. The van der Waals surface area contributed by atoms with Crippen LogP contribution >= 0.6 is 0 Å². The highest BCUT2D eigenvalue weighted by Crippen LogP contribution is 2.20. The van der Waals surface area contributed by atoms with E-state index in [-0.39, 0.29) is 36.9 Å². The van der Waals surface area contributed by atoms with E-state index in [4.69, 9.17) is 19.9 Å². The average molecular weight is 563 g/mol. The first-order chi connectivity index (χ1) is 18.7. The monoisotopic (exact) mass is 562 g/mol. The molecule has 1 aromatic rings. The van der Waals surface area contributed by atoms with Gasteiger partial charge >= 0.3 is 18.3 Å². The molecule has 0 bridgehead atoms. The van der Waals surface area contributed by atoms with Crippen molar-refractivity contribution in [2.24, 2.45) is 5.73 Å². The van der Waals surface area contributed by atoms with Gasteiger partial charge in [0, 0.05) is 24.2 Å². The predicted molar refractivity (Wildman–Crippen MR) is 155 cm³/mol. The van der Waals surface area contributed by atoms with Gasteiger partial charge in [-0.2, -0.15) is 0 Å². The summed E-state index contributed by atoms with van der Waals surface area (Å²) in [4.78, 5) is 35.3. The van der Waals surface area contributed by atoms with Crippen LogP contribution in [0.3, 0.4) is 0 Å². The number of nitrogens with one attached hydrogen (secondary N) is 3. The molecule has 0 saturated heterocycles. The summed E-state index contributed by atoms with van der Waals surface area (Å²) in [7, 11) is 0. The van der Waals surface area contributed by atoms with Crippen molar-refractivity contribution in [2.45, 2.75) is 135 Å². The summed E-state index contributed by atoms with van der Waals surface area (Å²) in [6, 6.07) is 9.96. The first-order valence-electron chi connectivity index (χ1n) is 14.4. The standard InChI is InChI=1S/C19H28N2O4.C11H22N2O2/c1-19(2,3)25-18(23)21-16-11-7-10-15(12-16)20-17(22)24-13-14-8-5-4-6-9-14;1-11(2,3)15-10(14)13-9-6-4-5-8(12)7-9/h4-6,8-9,15-16H,7,10-13H2,1-3H3,(H,20,22)(H,21,23);8-9H,4-7,12H2,1-3H3,(H,13,14)/t15-,16+;8-,9+/m11/s1. The number of carbonyl (C=O) groups excluding carboxylic acids is 3. The third-order valence-corrected chi connectivity index (χ3v) is 6.37. The highest BCUT2D eigenvalue weighted by molar-refractivity contribution is 5.69. The van der Waals surface area contributed by atoms with E-state index >= 15 is 0 Å². The van der Waals surface area contributed by atoms with Crippen LogP contribution in [0.1, 0.15) is 98.5 Å². The molecule has 2 aliphatic rings. The van der Waals surface area contributed by atoms with Crippen molar-refractivity contribution in [2.75, 3.05) is 0 Å². The second-order valence-electron chi connectivity index (χ2n) is 12.7. The van der Waals surface area contributed by atoms with Crippen molar-refractivity contribution in [3.63, 3.8) is 0 Å². The first kappa shape index (κ1) is 33.2. The zero-order valence-corrected chi connectivity index (χ0v) is 25.1. The lowest BCUT2D eigenvalue weighted by Crippen LogP contribution is -2.47. The Bertz CT molecular complexity index is 928. The Morgan fingerprint density at radius 3 is 1.65 bits per heavy atom. The summed E-state index contributed by atoms with van der Waals surface area (Å²) in [5.74, 6) is 0. The number of amides is 3. The fourth-order valence-electron chi connectivity index (χ4n) is 4.69. The van der Waals surface area contributed by atoms with Crippen molar-refractivity contribution in [1.82, 2.24) is 16.0 Å². The molecule has 4 atom stereocenters. The molecular formula is C30H50N4O6. The molecule has 10 nitrogen and oxygen atoms in total. The molecule has 3 rings (SSSR count). The van der Waals surface area contributed by atoms with E-state index < -0.39 is 23.4 Å². The summed E-state index contributed by atoms with van der Waals surface area (Å²) >= 11 is 0. The SMILES string of the molecule is CC(C)(C)OC(=O)N[C@H]1CCC[C@@H](N)C1.CC(C)(C)OC(=O)N[C@H]1CCC[C@@H](NC(=O)OCc2ccccc2)C1. The predicted octanol–water partition coefficient (Wildman–Crippen LogP) is 5.53. The number of ether oxygens (including phenoxy) is 3. The molecule has 0 radical (unpaired) electrons. The first-order valence-corrected chi connectivity index (χ1v) is 14.4. The number of rotatable bonds is 5. The topological polar surface area (TPSA) is 141 Å². The minimum atomic E-state index is -0.516. The van der Waals surface area contributed by atoms with Gasteiger partial charge in [0.2, 0.25) is 0 Å². The summed E-state index contributed by atoms with van der Waals surface area (Å²) in [6.45, 7) is 11.3. The largest absolute Gasteiger partial charge is 0.445 e. The number of carbonyl (C=O) groups is 3. The van der Waals surface area contributed by atoms with Gasteiger partial charge in [0.05, 0.1) is 0 Å². The number of benzene rings is 1. The number of hydrogen-bond donors (Lipinski definition) is 4. The molecule has 2 saturated carbocycles. The number of alkyl carbamates (subject to hydrolysis) is 3. The second kappa shape index (κ2) is 15.7. The quantitative estimate of drug-likeness (QED) is 0.346. The van der Waals surface area contributed by atoms with Crippen LogP contribution in [-0.4, -0.2) is 53.6 Å². The molecular weight excluding hydrogens is 512 g/mol. The molecule has 5 N–H and O–H groups in total. The Kier molecular flexibility index (Phi) is 13.0. The van der Waals surface area contributed by atoms with Crippen LogP contribution in [0, 0.1) is 0 Å². The zero-order chi connectivity index (χ0) is 29.8. The van der Waals surface area contributed by atoms with Gasteiger partial charge in [-0.25, -0.2) is 14.4 Å². The van der Waals surface area contributed by atoms with Crippen LogP contribution in [0.2, 0.25) is 0 Å². The van der Waals surface area contributed by atoms with Crippen LogP contribution in [0.15, 0.2) is 30.3 Å². The van der Waals surface area contributed by atoms with Crippen molar-refractivity contribution in [1.29, 1.82) is 0 Å². The van der Waals surface area contributed by atoms with Crippen molar-refractivity contribution in [3.8, 4) is 0 Å². The van der Waals surface area contributed by atoms with E-state index in [2.05, 4.69) is 16.0 Å². The lowest BCUT2D eigenvalue weighted by Gasteiger charge is -2.30. The van der Waals surface area contributed by atoms with E-state index in [1.807, 2.05) is 71.9 Å². The van der Waals surface area contributed by atoms with Gasteiger partial charge in [0.15, 0.2) is 0 Å². The van der Waals surface area contributed by atoms with Crippen LogP contribution in [0.5, 0.6) is 0 Å². The fraction of sp³-hybridized carbons (Fsp3) is 0.700. The minimum Gasteiger partial charge on any atom is -0.445 e. The Labute approximate surface area is 239 Å². The molecule has 10 heteroatoms. The van der Waals surface area contributed by atoms with Gasteiger partial charge in [-0.05, 0) is 98.5 Å². The van der Waals surface area contributed by atoms with Crippen LogP contribution in [-0.2, 0) is 20.8 Å². The maximum absolute atomic E-state index is 12.0. The molecule has 0 spiro atoms. The van der Waals surface area contributed by atoms with E-state index in [9.17, 15) is 14.4 Å².